The lowest BCUT2D eigenvalue weighted by Gasteiger charge is -2.30. The van der Waals surface area contributed by atoms with Gasteiger partial charge in [-0.15, -0.1) is 0 Å². The second kappa shape index (κ2) is 11.2. The number of rotatable bonds is 9. The first-order valence-corrected chi connectivity index (χ1v) is 15.2. The number of aromatic nitrogens is 4. The van der Waals surface area contributed by atoms with Crippen LogP contribution in [0.1, 0.15) is 56.6 Å². The first-order chi connectivity index (χ1) is 19.0. The molecule has 2 N–H and O–H groups in total. The minimum absolute atomic E-state index is 0.0857. The molecular weight excluding hydrogens is 552 g/mol. The molecular formula is C27H33ClN8O3S. The van der Waals surface area contributed by atoms with Crippen LogP contribution in [0.2, 0.25) is 5.02 Å². The first kappa shape index (κ1) is 28.1. The number of nitriles is 1. The number of sulfone groups is 1. The molecule has 3 aromatic rings. The smallest absolute Gasteiger partial charge is 0.229 e. The lowest BCUT2D eigenvalue weighted by molar-refractivity contribution is 0.254. The monoisotopic (exact) mass is 584 g/mol. The normalized spacial score (nSPS) is 16.6. The zero-order valence-corrected chi connectivity index (χ0v) is 24.6. The zero-order valence-electron chi connectivity index (χ0n) is 23.0. The molecule has 212 valence electrons. The van der Waals surface area contributed by atoms with Crippen molar-refractivity contribution in [2.24, 2.45) is 7.05 Å². The lowest BCUT2D eigenvalue weighted by atomic mass is 9.86. The van der Waals surface area contributed by atoms with Crippen molar-refractivity contribution in [1.29, 1.82) is 5.26 Å². The minimum atomic E-state index is -3.66. The van der Waals surface area contributed by atoms with E-state index in [1.165, 1.54) is 10.9 Å². The van der Waals surface area contributed by atoms with Gasteiger partial charge < -0.3 is 20.3 Å². The van der Waals surface area contributed by atoms with Gasteiger partial charge in [-0.2, -0.15) is 15.3 Å². The summed E-state index contributed by atoms with van der Waals surface area (Å²) in [6.07, 6.45) is 7.07. The Kier molecular flexibility index (Phi) is 7.90. The Morgan fingerprint density at radius 3 is 2.50 bits per heavy atom. The molecule has 13 heteroatoms. The molecule has 5 rings (SSSR count). The van der Waals surface area contributed by atoms with E-state index in [4.69, 9.17) is 16.3 Å². The standard InChI is InChI=1S/C27H33ClN8O3S/c1-16(2)40(37,38)26-23(15-36(4)34-26)31-25-21(28)14-30-27(33-25)32-22-11-18(13-29)20(12-24(22)39-19-5-6-19)17-7-9-35(3)10-8-17/h11-12,14-17,19H,5-10H2,1-4H3,(H2,30,31,32,33). The maximum absolute atomic E-state index is 12.9. The summed E-state index contributed by atoms with van der Waals surface area (Å²) < 4.78 is 33.4. The topological polar surface area (TPSA) is 138 Å². The van der Waals surface area contributed by atoms with Gasteiger partial charge in [0.1, 0.15) is 10.8 Å². The van der Waals surface area contributed by atoms with Gasteiger partial charge in [-0.25, -0.2) is 13.4 Å². The molecule has 2 aliphatic rings. The van der Waals surface area contributed by atoms with Crippen LogP contribution in [0.5, 0.6) is 5.75 Å². The number of benzene rings is 1. The molecule has 1 saturated heterocycles. The number of piperidine rings is 1. The van der Waals surface area contributed by atoms with Crippen LogP contribution in [0.3, 0.4) is 0 Å². The van der Waals surface area contributed by atoms with Crippen molar-refractivity contribution < 1.29 is 13.2 Å². The highest BCUT2D eigenvalue weighted by Gasteiger charge is 2.29. The Hall–Kier alpha value is -3.40. The largest absolute Gasteiger partial charge is 0.488 e. The fourth-order valence-corrected chi connectivity index (χ4v) is 5.90. The predicted octanol–water partition coefficient (Wildman–Crippen LogP) is 4.75. The average Bonchev–Trinajstić information content (AvgIpc) is 3.66. The summed E-state index contributed by atoms with van der Waals surface area (Å²) >= 11 is 6.40. The molecule has 3 heterocycles. The van der Waals surface area contributed by atoms with Crippen LogP contribution in [-0.4, -0.2) is 64.6 Å². The molecule has 0 bridgehead atoms. The number of anilines is 4. The Morgan fingerprint density at radius 2 is 1.85 bits per heavy atom. The maximum atomic E-state index is 12.9. The van der Waals surface area contributed by atoms with Crippen molar-refractivity contribution in [2.75, 3.05) is 30.8 Å². The third-order valence-corrected chi connectivity index (χ3v) is 9.54. The number of ether oxygens (including phenoxy) is 1. The Labute approximate surface area is 239 Å². The molecule has 0 unspecified atom stereocenters. The molecule has 0 amide bonds. The summed E-state index contributed by atoms with van der Waals surface area (Å²) in [6.45, 7) is 5.17. The van der Waals surface area contributed by atoms with Gasteiger partial charge in [-0.1, -0.05) is 11.6 Å². The van der Waals surface area contributed by atoms with Crippen molar-refractivity contribution in [1.82, 2.24) is 24.6 Å². The van der Waals surface area contributed by atoms with Crippen LogP contribution in [-0.2, 0) is 16.9 Å². The van der Waals surface area contributed by atoms with Gasteiger partial charge in [-0.05, 0) is 83.3 Å². The highest BCUT2D eigenvalue weighted by Crippen LogP contribution is 2.40. The molecule has 40 heavy (non-hydrogen) atoms. The van der Waals surface area contributed by atoms with Crippen molar-refractivity contribution in [3.63, 3.8) is 0 Å². The van der Waals surface area contributed by atoms with Crippen LogP contribution in [0.25, 0.3) is 0 Å². The second-order valence-corrected chi connectivity index (χ2v) is 13.5. The molecule has 1 aliphatic carbocycles. The Morgan fingerprint density at radius 1 is 1.12 bits per heavy atom. The third kappa shape index (κ3) is 6.01. The van der Waals surface area contributed by atoms with Crippen LogP contribution >= 0.6 is 11.6 Å². The van der Waals surface area contributed by atoms with Crippen molar-refractivity contribution >= 4 is 44.6 Å². The van der Waals surface area contributed by atoms with Gasteiger partial charge in [-0.3, -0.25) is 4.68 Å². The van der Waals surface area contributed by atoms with E-state index in [1.54, 1.807) is 33.2 Å². The SMILES string of the molecule is CC(C)S(=O)(=O)c1nn(C)cc1Nc1nc(Nc2cc(C#N)c(C3CCN(C)CC3)cc2OC2CC2)ncc1Cl. The van der Waals surface area contributed by atoms with Gasteiger partial charge in [0.25, 0.3) is 0 Å². The fourth-order valence-electron chi connectivity index (χ4n) is 4.66. The molecule has 2 aromatic heterocycles. The van der Waals surface area contributed by atoms with E-state index >= 15 is 0 Å². The van der Waals surface area contributed by atoms with Crippen molar-refractivity contribution in [3.8, 4) is 11.8 Å². The molecule has 0 atom stereocenters. The molecule has 2 fully saturated rings. The summed E-state index contributed by atoms with van der Waals surface area (Å²) in [4.78, 5) is 11.1. The summed E-state index contributed by atoms with van der Waals surface area (Å²) in [6, 6.07) is 6.15. The third-order valence-electron chi connectivity index (χ3n) is 7.18. The first-order valence-electron chi connectivity index (χ1n) is 13.3. The van der Waals surface area contributed by atoms with Gasteiger partial charge in [0.2, 0.25) is 20.8 Å². The number of hydrogen-bond acceptors (Lipinski definition) is 10. The summed E-state index contributed by atoms with van der Waals surface area (Å²) in [7, 11) is 0.0958. The van der Waals surface area contributed by atoms with Gasteiger partial charge in [0.15, 0.2) is 5.82 Å². The average molecular weight is 585 g/mol. The quantitative estimate of drug-likeness (QED) is 0.362. The van der Waals surface area contributed by atoms with Gasteiger partial charge >= 0.3 is 0 Å². The Bertz CT molecular complexity index is 1550. The zero-order chi connectivity index (χ0) is 28.6. The summed E-state index contributed by atoms with van der Waals surface area (Å²) in [5.74, 6) is 1.36. The van der Waals surface area contributed by atoms with Gasteiger partial charge in [0, 0.05) is 13.2 Å². The van der Waals surface area contributed by atoms with E-state index in [9.17, 15) is 13.7 Å². The van der Waals surface area contributed by atoms with Crippen LogP contribution < -0.4 is 15.4 Å². The van der Waals surface area contributed by atoms with E-state index in [-0.39, 0.29) is 33.6 Å². The number of nitrogens with one attached hydrogen (secondary N) is 2. The summed E-state index contributed by atoms with van der Waals surface area (Å²) in [5, 5.41) is 19.8. The highest BCUT2D eigenvalue weighted by molar-refractivity contribution is 7.92. The molecule has 0 radical (unpaired) electrons. The number of halogens is 1. The molecule has 1 aliphatic heterocycles. The van der Waals surface area contributed by atoms with E-state index in [1.807, 2.05) is 6.07 Å². The number of nitrogens with zero attached hydrogens (tertiary/aromatic N) is 6. The van der Waals surface area contributed by atoms with Crippen molar-refractivity contribution in [3.05, 3.63) is 40.7 Å². The predicted molar refractivity (Wildman–Crippen MR) is 153 cm³/mol. The summed E-state index contributed by atoms with van der Waals surface area (Å²) in [5.41, 5.74) is 2.44. The van der Waals surface area contributed by atoms with Gasteiger partial charge in [0.05, 0.1) is 40.6 Å². The minimum Gasteiger partial charge on any atom is -0.488 e. The van der Waals surface area contributed by atoms with Crippen LogP contribution in [0.4, 0.5) is 23.1 Å². The van der Waals surface area contributed by atoms with Crippen LogP contribution in [0.15, 0.2) is 29.6 Å². The number of hydrogen-bond donors (Lipinski definition) is 2. The number of aryl methyl sites for hydroxylation is 1. The van der Waals surface area contributed by atoms with Crippen LogP contribution in [0, 0.1) is 11.3 Å². The van der Waals surface area contributed by atoms with Crippen molar-refractivity contribution in [2.45, 2.75) is 61.8 Å². The fraction of sp³-hybridized carbons (Fsp3) is 0.481. The number of likely N-dealkylation sites (tertiary alicyclic amines) is 1. The lowest BCUT2D eigenvalue weighted by Crippen LogP contribution is -2.29. The maximum Gasteiger partial charge on any atom is 0.229 e. The molecule has 0 spiro atoms. The van der Waals surface area contributed by atoms with E-state index in [0.717, 1.165) is 44.3 Å². The highest BCUT2D eigenvalue weighted by atomic mass is 35.5. The second-order valence-electron chi connectivity index (χ2n) is 10.7. The van der Waals surface area contributed by atoms with E-state index in [0.29, 0.717) is 22.9 Å². The van der Waals surface area contributed by atoms with E-state index in [2.05, 4.69) is 43.7 Å². The molecule has 11 nitrogen and oxygen atoms in total. The van der Waals surface area contributed by atoms with E-state index < -0.39 is 15.1 Å². The molecule has 1 aromatic carbocycles. The molecule has 1 saturated carbocycles. The Balaban J connectivity index is 1.46.